The minimum Gasteiger partial charge on any atom is -0.494 e. The molecule has 4 heteroatoms. The van der Waals surface area contributed by atoms with Gasteiger partial charge in [-0.1, -0.05) is 30.3 Å². The molecule has 0 aliphatic rings. The highest BCUT2D eigenvalue weighted by Gasteiger charge is 2.10. The van der Waals surface area contributed by atoms with Gasteiger partial charge in [-0.25, -0.2) is 0 Å². The van der Waals surface area contributed by atoms with Gasteiger partial charge < -0.3 is 10.1 Å². The van der Waals surface area contributed by atoms with Crippen LogP contribution in [0.15, 0.2) is 54.6 Å². The average molecular weight is 304 g/mol. The Morgan fingerprint density at radius 2 is 1.81 bits per heavy atom. The molecule has 3 nitrogen and oxygen atoms in total. The van der Waals surface area contributed by atoms with Crippen molar-refractivity contribution in [3.63, 3.8) is 0 Å². The maximum atomic E-state index is 12.0. The Morgan fingerprint density at radius 3 is 2.43 bits per heavy atom. The van der Waals surface area contributed by atoms with Crippen LogP contribution in [0.5, 0.6) is 5.75 Å². The summed E-state index contributed by atoms with van der Waals surface area (Å²) in [6.07, 6.45) is 0. The van der Waals surface area contributed by atoms with E-state index in [1.54, 1.807) is 24.3 Å². The first kappa shape index (κ1) is 15.4. The van der Waals surface area contributed by atoms with Crippen molar-refractivity contribution in [3.05, 3.63) is 65.7 Å². The quantitative estimate of drug-likeness (QED) is 0.824. The van der Waals surface area contributed by atoms with Gasteiger partial charge in [0.25, 0.3) is 5.91 Å². The van der Waals surface area contributed by atoms with Crippen molar-refractivity contribution in [1.29, 1.82) is 0 Å². The minimum atomic E-state index is -0.238. The van der Waals surface area contributed by atoms with Crippen molar-refractivity contribution in [1.82, 2.24) is 5.32 Å². The van der Waals surface area contributed by atoms with Crippen LogP contribution in [0.4, 0.5) is 0 Å². The van der Waals surface area contributed by atoms with Crippen LogP contribution in [0.3, 0.4) is 0 Å². The number of benzene rings is 2. The van der Waals surface area contributed by atoms with Crippen molar-refractivity contribution in [2.75, 3.05) is 13.2 Å². The molecule has 0 radical (unpaired) electrons. The van der Waals surface area contributed by atoms with Gasteiger partial charge in [-0.3, -0.25) is 4.79 Å². The fraction of sp³-hybridized carbons (Fsp3) is 0.235. The summed E-state index contributed by atoms with van der Waals surface area (Å²) in [4.78, 5) is 12.0. The molecular weight excluding hydrogens is 286 g/mol. The first-order valence-corrected chi connectivity index (χ1v) is 7.34. The fourth-order valence-corrected chi connectivity index (χ4v) is 2.16. The number of carbonyl (C=O) groups excluding carboxylic acids is 1. The lowest BCUT2D eigenvalue weighted by molar-refractivity contribution is 0.0953. The van der Waals surface area contributed by atoms with E-state index in [-0.39, 0.29) is 11.3 Å². The van der Waals surface area contributed by atoms with Gasteiger partial charge in [0.15, 0.2) is 0 Å². The summed E-state index contributed by atoms with van der Waals surface area (Å²) in [6, 6.07) is 16.7. The van der Waals surface area contributed by atoms with Gasteiger partial charge >= 0.3 is 0 Å². The standard InChI is InChI=1S/C17H18ClNO2/c1-2-21-15-10-8-14(9-11-15)17(20)19-12-16(18)13-6-4-3-5-7-13/h3-11,16H,2,12H2,1H3,(H,19,20). The van der Waals surface area contributed by atoms with E-state index in [4.69, 9.17) is 16.3 Å². The molecule has 1 amide bonds. The van der Waals surface area contributed by atoms with Crippen LogP contribution >= 0.6 is 11.6 Å². The lowest BCUT2D eigenvalue weighted by Gasteiger charge is -2.11. The molecule has 0 aromatic heterocycles. The Morgan fingerprint density at radius 1 is 1.14 bits per heavy atom. The molecule has 1 unspecified atom stereocenters. The SMILES string of the molecule is CCOc1ccc(C(=O)NCC(Cl)c2ccccc2)cc1. The fourth-order valence-electron chi connectivity index (χ4n) is 1.93. The summed E-state index contributed by atoms with van der Waals surface area (Å²) in [6.45, 7) is 2.92. The van der Waals surface area contributed by atoms with Crippen LogP contribution in [-0.4, -0.2) is 19.1 Å². The van der Waals surface area contributed by atoms with Crippen LogP contribution in [0.2, 0.25) is 0 Å². The molecule has 0 spiro atoms. The van der Waals surface area contributed by atoms with E-state index in [0.29, 0.717) is 18.7 Å². The Balaban J connectivity index is 1.89. The minimum absolute atomic E-state index is 0.139. The van der Waals surface area contributed by atoms with E-state index in [2.05, 4.69) is 5.32 Å². The van der Waals surface area contributed by atoms with Crippen molar-refractivity contribution < 1.29 is 9.53 Å². The molecule has 0 fully saturated rings. The third-order valence-electron chi connectivity index (χ3n) is 3.03. The largest absolute Gasteiger partial charge is 0.494 e. The van der Waals surface area contributed by atoms with Crippen LogP contribution in [0.1, 0.15) is 28.2 Å². The molecule has 0 saturated carbocycles. The van der Waals surface area contributed by atoms with Gasteiger partial charge in [-0.05, 0) is 36.8 Å². The highest BCUT2D eigenvalue weighted by Crippen LogP contribution is 2.19. The second kappa shape index (κ2) is 7.70. The average Bonchev–Trinajstić information content (AvgIpc) is 2.54. The van der Waals surface area contributed by atoms with Crippen LogP contribution in [-0.2, 0) is 0 Å². The second-order valence-electron chi connectivity index (χ2n) is 4.55. The maximum Gasteiger partial charge on any atom is 0.251 e. The molecule has 0 bridgehead atoms. The summed E-state index contributed by atoms with van der Waals surface area (Å²) >= 11 is 6.27. The highest BCUT2D eigenvalue weighted by molar-refractivity contribution is 6.21. The number of alkyl halides is 1. The molecule has 2 aromatic carbocycles. The van der Waals surface area contributed by atoms with E-state index in [9.17, 15) is 4.79 Å². The second-order valence-corrected chi connectivity index (χ2v) is 5.07. The number of rotatable bonds is 6. The van der Waals surface area contributed by atoms with Gasteiger partial charge in [0, 0.05) is 12.1 Å². The van der Waals surface area contributed by atoms with E-state index in [1.807, 2.05) is 37.3 Å². The molecule has 0 saturated heterocycles. The number of carbonyl (C=O) groups is 1. The Labute approximate surface area is 129 Å². The lowest BCUT2D eigenvalue weighted by Crippen LogP contribution is -2.26. The number of halogens is 1. The molecule has 2 rings (SSSR count). The molecule has 1 atom stereocenters. The number of amides is 1. The Kier molecular flexibility index (Phi) is 5.64. The first-order chi connectivity index (χ1) is 10.2. The van der Waals surface area contributed by atoms with Crippen molar-refractivity contribution in [2.45, 2.75) is 12.3 Å². The molecule has 2 aromatic rings. The Bertz CT molecular complexity index is 569. The van der Waals surface area contributed by atoms with Crippen LogP contribution in [0.25, 0.3) is 0 Å². The Hall–Kier alpha value is -2.00. The first-order valence-electron chi connectivity index (χ1n) is 6.90. The van der Waals surface area contributed by atoms with Gasteiger partial charge in [0.2, 0.25) is 0 Å². The van der Waals surface area contributed by atoms with E-state index >= 15 is 0 Å². The van der Waals surface area contributed by atoms with Crippen molar-refractivity contribution in [3.8, 4) is 5.75 Å². The van der Waals surface area contributed by atoms with Crippen molar-refractivity contribution in [2.24, 2.45) is 0 Å². The van der Waals surface area contributed by atoms with E-state index < -0.39 is 0 Å². The number of hydrogen-bond donors (Lipinski definition) is 1. The zero-order chi connectivity index (χ0) is 15.1. The molecular formula is C17H18ClNO2. The summed E-state index contributed by atoms with van der Waals surface area (Å²) in [5.41, 5.74) is 1.58. The molecule has 110 valence electrons. The van der Waals surface area contributed by atoms with Gasteiger partial charge in [-0.15, -0.1) is 11.6 Å². The molecule has 0 aliphatic heterocycles. The third kappa shape index (κ3) is 4.50. The van der Waals surface area contributed by atoms with E-state index in [0.717, 1.165) is 11.3 Å². The lowest BCUT2D eigenvalue weighted by atomic mass is 10.1. The zero-order valence-electron chi connectivity index (χ0n) is 11.9. The predicted molar refractivity (Wildman–Crippen MR) is 85.0 cm³/mol. The van der Waals surface area contributed by atoms with Gasteiger partial charge in [0.05, 0.1) is 12.0 Å². The maximum absolute atomic E-state index is 12.0. The van der Waals surface area contributed by atoms with Crippen LogP contribution < -0.4 is 10.1 Å². The highest BCUT2D eigenvalue weighted by atomic mass is 35.5. The number of ether oxygens (including phenoxy) is 1. The number of hydrogen-bond acceptors (Lipinski definition) is 2. The van der Waals surface area contributed by atoms with Gasteiger partial charge in [-0.2, -0.15) is 0 Å². The van der Waals surface area contributed by atoms with Crippen molar-refractivity contribution >= 4 is 17.5 Å². The normalized spacial score (nSPS) is 11.7. The summed E-state index contributed by atoms with van der Waals surface area (Å²) in [5, 5.41) is 2.60. The topological polar surface area (TPSA) is 38.3 Å². The summed E-state index contributed by atoms with van der Waals surface area (Å²) in [5.74, 6) is 0.619. The predicted octanol–water partition coefficient (Wildman–Crippen LogP) is 3.80. The van der Waals surface area contributed by atoms with Crippen LogP contribution in [0, 0.1) is 0 Å². The molecule has 21 heavy (non-hydrogen) atoms. The number of nitrogens with one attached hydrogen (secondary N) is 1. The monoisotopic (exact) mass is 303 g/mol. The molecule has 0 aliphatic carbocycles. The molecule has 0 heterocycles. The smallest absolute Gasteiger partial charge is 0.251 e. The summed E-state index contributed by atoms with van der Waals surface area (Å²) < 4.78 is 5.34. The molecule has 1 N–H and O–H groups in total. The van der Waals surface area contributed by atoms with E-state index in [1.165, 1.54) is 0 Å². The van der Waals surface area contributed by atoms with Gasteiger partial charge in [0.1, 0.15) is 5.75 Å². The summed E-state index contributed by atoms with van der Waals surface area (Å²) in [7, 11) is 0. The third-order valence-corrected chi connectivity index (χ3v) is 3.44. The zero-order valence-corrected chi connectivity index (χ0v) is 12.6.